The number of rotatable bonds is 5. The maximum Gasteiger partial charge on any atom is 0.331 e. The van der Waals surface area contributed by atoms with Crippen LogP contribution in [0.25, 0.3) is 0 Å². The maximum atomic E-state index is 11.5. The summed E-state index contributed by atoms with van der Waals surface area (Å²) < 4.78 is 25.4. The topological polar surface area (TPSA) is 61.8 Å². The highest BCUT2D eigenvalue weighted by molar-refractivity contribution is 7.53. The monoisotopic (exact) mass is 210 g/mol. The van der Waals surface area contributed by atoms with Crippen LogP contribution in [-0.4, -0.2) is 33.5 Å². The average Bonchev–Trinajstić information content (AvgIpc) is 2.16. The van der Waals surface area contributed by atoms with Gasteiger partial charge in [0.2, 0.25) is 0 Å². The van der Waals surface area contributed by atoms with Crippen molar-refractivity contribution >= 4 is 13.6 Å². The van der Waals surface area contributed by atoms with E-state index in [1.165, 1.54) is 21.3 Å². The highest BCUT2D eigenvalue weighted by Gasteiger charge is 2.28. The van der Waals surface area contributed by atoms with Gasteiger partial charge < -0.3 is 13.8 Å². The van der Waals surface area contributed by atoms with Crippen LogP contribution in [0.3, 0.4) is 0 Å². The molecule has 0 bridgehead atoms. The van der Waals surface area contributed by atoms with Crippen molar-refractivity contribution in [1.82, 2.24) is 0 Å². The second-order valence-electron chi connectivity index (χ2n) is 2.58. The first kappa shape index (κ1) is 12.6. The average molecular weight is 210 g/mol. The molecule has 0 unspecified atom stereocenters. The summed E-state index contributed by atoms with van der Waals surface area (Å²) in [5.74, 6) is -0.912. The molecule has 0 aromatic carbocycles. The summed E-state index contributed by atoms with van der Waals surface area (Å²) in [4.78, 5) is 11.0. The Morgan fingerprint density at radius 2 is 1.77 bits per heavy atom. The van der Waals surface area contributed by atoms with Gasteiger partial charge in [-0.05, 0) is 0 Å². The molecule has 0 amide bonds. The van der Waals surface area contributed by atoms with E-state index in [1.807, 2.05) is 0 Å². The number of carbonyl (C=O) groups is 1. The fraction of sp³-hybridized carbons (Fsp3) is 0.857. The zero-order valence-electron chi connectivity index (χ0n) is 8.27. The second-order valence-corrected chi connectivity index (χ2v) is 4.90. The first-order chi connectivity index (χ1) is 5.99. The van der Waals surface area contributed by atoms with Crippen LogP contribution < -0.4 is 0 Å². The van der Waals surface area contributed by atoms with Gasteiger partial charge >= 0.3 is 13.6 Å². The van der Waals surface area contributed by atoms with E-state index in [0.717, 1.165) is 0 Å². The van der Waals surface area contributed by atoms with E-state index in [0.29, 0.717) is 0 Å². The molecule has 0 aromatic heterocycles. The molecule has 0 rings (SSSR count). The summed E-state index contributed by atoms with van der Waals surface area (Å²) in [5.41, 5.74) is 0. The molecule has 0 radical (unpaired) electrons. The molecule has 0 heterocycles. The molecule has 78 valence electrons. The number of hydrogen-bond acceptors (Lipinski definition) is 5. The van der Waals surface area contributed by atoms with E-state index < -0.39 is 19.5 Å². The minimum Gasteiger partial charge on any atom is -0.469 e. The number of ether oxygens (including phenoxy) is 1. The van der Waals surface area contributed by atoms with Crippen LogP contribution in [0, 0.1) is 5.92 Å². The number of carbonyl (C=O) groups excluding carboxylic acids is 1. The second kappa shape index (κ2) is 5.37. The van der Waals surface area contributed by atoms with Crippen LogP contribution in [0.15, 0.2) is 0 Å². The van der Waals surface area contributed by atoms with Gasteiger partial charge in [0.05, 0.1) is 19.2 Å². The van der Waals surface area contributed by atoms with E-state index in [4.69, 9.17) is 0 Å². The summed E-state index contributed by atoms with van der Waals surface area (Å²) in [6.45, 7) is 1.61. The zero-order valence-corrected chi connectivity index (χ0v) is 9.17. The van der Waals surface area contributed by atoms with Gasteiger partial charge in [-0.3, -0.25) is 9.36 Å². The fourth-order valence-electron chi connectivity index (χ4n) is 0.835. The van der Waals surface area contributed by atoms with Gasteiger partial charge in [0.15, 0.2) is 0 Å². The molecule has 6 heteroatoms. The summed E-state index contributed by atoms with van der Waals surface area (Å²) in [6.07, 6.45) is 0.0344. The molecule has 1 atom stereocenters. The molecule has 0 saturated carbocycles. The Balaban J connectivity index is 4.25. The first-order valence-electron chi connectivity index (χ1n) is 3.77. The molecule has 0 aliphatic rings. The van der Waals surface area contributed by atoms with Crippen molar-refractivity contribution in [2.75, 3.05) is 27.5 Å². The van der Waals surface area contributed by atoms with E-state index in [2.05, 4.69) is 13.8 Å². The number of esters is 1. The number of methoxy groups -OCH3 is 1. The normalized spacial score (nSPS) is 13.8. The van der Waals surface area contributed by atoms with Gasteiger partial charge in [0.25, 0.3) is 0 Å². The Labute approximate surface area is 77.9 Å². The zero-order chi connectivity index (χ0) is 10.5. The predicted octanol–water partition coefficient (Wildman–Crippen LogP) is 1.28. The fourth-order valence-corrected chi connectivity index (χ4v) is 2.10. The summed E-state index contributed by atoms with van der Waals surface area (Å²) >= 11 is 0. The minimum atomic E-state index is -3.11. The molecule has 0 spiro atoms. The van der Waals surface area contributed by atoms with Crippen LogP contribution in [-0.2, 0) is 23.1 Å². The lowest BCUT2D eigenvalue weighted by Gasteiger charge is -2.16. The minimum absolute atomic E-state index is 0.0344. The highest BCUT2D eigenvalue weighted by Crippen LogP contribution is 2.47. The Kier molecular flexibility index (Phi) is 5.21. The molecular weight excluding hydrogens is 195 g/mol. The summed E-state index contributed by atoms with van der Waals surface area (Å²) in [5, 5.41) is 0. The lowest BCUT2D eigenvalue weighted by atomic mass is 10.2. The third-order valence-corrected chi connectivity index (χ3v) is 3.76. The molecular formula is C7H15O5P. The van der Waals surface area contributed by atoms with Gasteiger partial charge in [-0.2, -0.15) is 0 Å². The summed E-state index contributed by atoms with van der Waals surface area (Å²) in [7, 11) is 0.748. The molecule has 0 saturated heterocycles. The van der Waals surface area contributed by atoms with Crippen molar-refractivity contribution in [1.29, 1.82) is 0 Å². The van der Waals surface area contributed by atoms with Gasteiger partial charge in [0.1, 0.15) is 0 Å². The van der Waals surface area contributed by atoms with Crippen molar-refractivity contribution in [2.24, 2.45) is 5.92 Å². The van der Waals surface area contributed by atoms with Crippen LogP contribution in [0.4, 0.5) is 0 Å². The third-order valence-electron chi connectivity index (χ3n) is 1.66. The van der Waals surface area contributed by atoms with E-state index >= 15 is 0 Å². The van der Waals surface area contributed by atoms with E-state index in [9.17, 15) is 9.36 Å². The largest absolute Gasteiger partial charge is 0.469 e. The standard InChI is InChI=1S/C7H15O5P/c1-6(7(8)10-2)5-13(9,11-3)12-4/h6H,5H2,1-4H3/t6-/m1/s1. The molecule has 0 fully saturated rings. The van der Waals surface area contributed by atoms with Gasteiger partial charge in [-0.15, -0.1) is 0 Å². The van der Waals surface area contributed by atoms with Crippen molar-refractivity contribution in [3.63, 3.8) is 0 Å². The SMILES string of the molecule is COC(=O)[C@H](C)CP(=O)(OC)OC. The van der Waals surface area contributed by atoms with Crippen LogP contribution in [0.2, 0.25) is 0 Å². The Morgan fingerprint density at radius 3 is 2.08 bits per heavy atom. The van der Waals surface area contributed by atoms with Gasteiger partial charge in [0, 0.05) is 14.2 Å². The molecule has 0 N–H and O–H groups in total. The maximum absolute atomic E-state index is 11.5. The Bertz CT molecular complexity index is 207. The molecule has 0 aromatic rings. The molecule has 13 heavy (non-hydrogen) atoms. The van der Waals surface area contributed by atoms with Gasteiger partial charge in [-0.25, -0.2) is 0 Å². The third kappa shape index (κ3) is 3.89. The van der Waals surface area contributed by atoms with E-state index in [-0.39, 0.29) is 6.16 Å². The van der Waals surface area contributed by atoms with E-state index in [1.54, 1.807) is 6.92 Å². The molecule has 5 nitrogen and oxygen atoms in total. The smallest absolute Gasteiger partial charge is 0.331 e. The van der Waals surface area contributed by atoms with Crippen molar-refractivity contribution in [3.8, 4) is 0 Å². The highest BCUT2D eigenvalue weighted by atomic mass is 31.2. The quantitative estimate of drug-likeness (QED) is 0.505. The first-order valence-corrected chi connectivity index (χ1v) is 5.50. The predicted molar refractivity (Wildman–Crippen MR) is 47.7 cm³/mol. The lowest BCUT2D eigenvalue weighted by molar-refractivity contribution is -0.144. The van der Waals surface area contributed by atoms with Crippen LogP contribution >= 0.6 is 7.60 Å². The summed E-state index contributed by atoms with van der Waals surface area (Å²) in [6, 6.07) is 0. The van der Waals surface area contributed by atoms with Crippen molar-refractivity contribution in [3.05, 3.63) is 0 Å². The Hall–Kier alpha value is -0.380. The Morgan fingerprint density at radius 1 is 1.31 bits per heavy atom. The van der Waals surface area contributed by atoms with Crippen molar-refractivity contribution in [2.45, 2.75) is 6.92 Å². The van der Waals surface area contributed by atoms with Crippen LogP contribution in [0.1, 0.15) is 6.92 Å². The number of hydrogen-bond donors (Lipinski definition) is 0. The van der Waals surface area contributed by atoms with Crippen LogP contribution in [0.5, 0.6) is 0 Å². The molecule has 0 aliphatic heterocycles. The van der Waals surface area contributed by atoms with Gasteiger partial charge in [-0.1, -0.05) is 6.92 Å². The van der Waals surface area contributed by atoms with Crippen molar-refractivity contribution < 1.29 is 23.1 Å². The molecule has 0 aliphatic carbocycles. The lowest BCUT2D eigenvalue weighted by Crippen LogP contribution is -2.17.